The van der Waals surface area contributed by atoms with E-state index >= 15 is 0 Å². The summed E-state index contributed by atoms with van der Waals surface area (Å²) in [7, 11) is 0. The number of hydrogen-bond donors (Lipinski definition) is 0. The molecule has 0 N–H and O–H groups in total. The minimum Gasteiger partial charge on any atom is -0.466 e. The third kappa shape index (κ3) is 5.19. The smallest absolute Gasteiger partial charge is 0.302 e. The van der Waals surface area contributed by atoms with E-state index in [0.717, 1.165) is 0 Å². The fourth-order valence-corrected chi connectivity index (χ4v) is 1.97. The highest BCUT2D eigenvalue weighted by atomic mass is 35.5. The van der Waals surface area contributed by atoms with Crippen LogP contribution in [0.2, 0.25) is 0 Å². The zero-order valence-corrected chi connectivity index (χ0v) is 11.7. The van der Waals surface area contributed by atoms with Crippen molar-refractivity contribution in [3.05, 3.63) is 12.2 Å². The Morgan fingerprint density at radius 1 is 1.61 bits per heavy atom. The van der Waals surface area contributed by atoms with Crippen molar-refractivity contribution in [2.24, 2.45) is 0 Å². The van der Waals surface area contributed by atoms with Crippen LogP contribution in [0.25, 0.3) is 0 Å². The minimum atomic E-state index is -0.624. The largest absolute Gasteiger partial charge is 0.466 e. The Balaban J connectivity index is 2.46. The summed E-state index contributed by atoms with van der Waals surface area (Å²) in [5, 5.41) is 0. The lowest BCUT2D eigenvalue weighted by Gasteiger charge is -2.29. The Kier molecular flexibility index (Phi) is 5.35. The van der Waals surface area contributed by atoms with Crippen LogP contribution in [0.5, 0.6) is 0 Å². The maximum absolute atomic E-state index is 11.6. The number of ether oxygens (including phenoxy) is 2. The lowest BCUT2D eigenvalue weighted by atomic mass is 9.95. The summed E-state index contributed by atoms with van der Waals surface area (Å²) < 4.78 is 10.4. The van der Waals surface area contributed by atoms with Gasteiger partial charge < -0.3 is 9.47 Å². The third-order valence-electron chi connectivity index (χ3n) is 2.77. The van der Waals surface area contributed by atoms with Gasteiger partial charge in [0, 0.05) is 24.6 Å². The number of carbonyl (C=O) groups is 2. The number of hydrogen-bond acceptors (Lipinski definition) is 4. The Morgan fingerprint density at radius 3 is 2.89 bits per heavy atom. The number of alkyl halides is 1. The highest BCUT2D eigenvalue weighted by molar-refractivity contribution is 6.23. The molecule has 1 aliphatic rings. The maximum atomic E-state index is 11.6. The van der Waals surface area contributed by atoms with Crippen molar-refractivity contribution in [3.63, 3.8) is 0 Å². The van der Waals surface area contributed by atoms with Gasteiger partial charge in [-0.1, -0.05) is 6.08 Å². The topological polar surface area (TPSA) is 52.6 Å². The van der Waals surface area contributed by atoms with Crippen LogP contribution < -0.4 is 0 Å². The van der Waals surface area contributed by atoms with Gasteiger partial charge in [-0.3, -0.25) is 9.59 Å². The molecule has 4 nitrogen and oxygen atoms in total. The second kappa shape index (κ2) is 6.34. The second-order valence-electron chi connectivity index (χ2n) is 4.80. The van der Waals surface area contributed by atoms with Gasteiger partial charge in [0.05, 0.1) is 12.7 Å². The van der Waals surface area contributed by atoms with Gasteiger partial charge in [-0.25, -0.2) is 0 Å². The van der Waals surface area contributed by atoms with Gasteiger partial charge in [0.1, 0.15) is 6.10 Å². The van der Waals surface area contributed by atoms with Crippen LogP contribution in [0, 0.1) is 0 Å². The molecule has 0 aliphatic carbocycles. The van der Waals surface area contributed by atoms with Crippen LogP contribution in [0.3, 0.4) is 0 Å². The first kappa shape index (κ1) is 15.2. The molecule has 1 aliphatic heterocycles. The summed E-state index contributed by atoms with van der Waals surface area (Å²) in [6.07, 6.45) is 3.57. The molecule has 3 unspecified atom stereocenters. The molecule has 0 fully saturated rings. The summed E-state index contributed by atoms with van der Waals surface area (Å²) in [5.41, 5.74) is 0. The SMILES string of the molecule is CC(=O)OCCC(C)(Cl)CC1OC(C)C=CC1=O. The molecule has 18 heavy (non-hydrogen) atoms. The van der Waals surface area contributed by atoms with Gasteiger partial charge in [0.15, 0.2) is 5.78 Å². The van der Waals surface area contributed by atoms with Crippen LogP contribution in [0.1, 0.15) is 33.6 Å². The fraction of sp³-hybridized carbons (Fsp3) is 0.692. The normalized spacial score (nSPS) is 26.8. The molecule has 0 radical (unpaired) electrons. The second-order valence-corrected chi connectivity index (χ2v) is 5.71. The summed E-state index contributed by atoms with van der Waals surface area (Å²) >= 11 is 6.32. The van der Waals surface area contributed by atoms with Gasteiger partial charge in [-0.15, -0.1) is 11.6 Å². The quantitative estimate of drug-likeness (QED) is 0.570. The van der Waals surface area contributed by atoms with Crippen molar-refractivity contribution < 1.29 is 19.1 Å². The van der Waals surface area contributed by atoms with Crippen LogP contribution >= 0.6 is 11.6 Å². The highest BCUT2D eigenvalue weighted by Crippen LogP contribution is 2.28. The lowest BCUT2D eigenvalue weighted by molar-refractivity contribution is -0.141. The Bertz CT molecular complexity index is 349. The molecule has 0 aromatic carbocycles. The molecule has 0 saturated carbocycles. The molecule has 0 amide bonds. The number of rotatable bonds is 5. The molecule has 5 heteroatoms. The van der Waals surface area contributed by atoms with Crippen LogP contribution in [-0.4, -0.2) is 35.4 Å². The summed E-state index contributed by atoms with van der Waals surface area (Å²) in [5.74, 6) is -0.392. The van der Waals surface area contributed by atoms with Crippen molar-refractivity contribution in [1.82, 2.24) is 0 Å². The van der Waals surface area contributed by atoms with E-state index in [1.165, 1.54) is 13.0 Å². The number of halogens is 1. The van der Waals surface area contributed by atoms with Gasteiger partial charge >= 0.3 is 5.97 Å². The predicted octanol–water partition coefficient (Wildman–Crippen LogP) is 2.24. The van der Waals surface area contributed by atoms with Crippen molar-refractivity contribution in [2.45, 2.75) is 50.7 Å². The third-order valence-corrected chi connectivity index (χ3v) is 3.11. The fourth-order valence-electron chi connectivity index (χ4n) is 1.75. The van der Waals surface area contributed by atoms with Crippen molar-refractivity contribution >= 4 is 23.4 Å². The van der Waals surface area contributed by atoms with E-state index in [1.54, 1.807) is 6.08 Å². The first-order valence-corrected chi connectivity index (χ1v) is 6.38. The van der Waals surface area contributed by atoms with Gasteiger partial charge in [0.25, 0.3) is 0 Å². The molecule has 1 heterocycles. The molecule has 3 atom stereocenters. The van der Waals surface area contributed by atoms with Crippen molar-refractivity contribution in [3.8, 4) is 0 Å². The van der Waals surface area contributed by atoms with Gasteiger partial charge in [0.2, 0.25) is 0 Å². The molecule has 1 rings (SSSR count). The van der Waals surface area contributed by atoms with E-state index in [2.05, 4.69) is 0 Å². The monoisotopic (exact) mass is 274 g/mol. The summed E-state index contributed by atoms with van der Waals surface area (Å²) in [6, 6.07) is 0. The predicted molar refractivity (Wildman–Crippen MR) is 68.6 cm³/mol. The summed E-state index contributed by atoms with van der Waals surface area (Å²) in [6.45, 7) is 5.30. The molecule has 0 aromatic rings. The molecular weight excluding hydrogens is 256 g/mol. The molecule has 0 spiro atoms. The Labute approximate surface area is 112 Å². The molecular formula is C13H19ClO4. The van der Waals surface area contributed by atoms with Crippen LogP contribution in [-0.2, 0) is 19.1 Å². The standard InChI is InChI=1S/C13H19ClO4/c1-9-4-5-11(16)12(18-9)8-13(3,14)6-7-17-10(2)15/h4-5,9,12H,6-8H2,1-3H3. The number of esters is 1. The Morgan fingerprint density at radius 2 is 2.28 bits per heavy atom. The zero-order valence-electron chi connectivity index (χ0n) is 10.9. The molecule has 102 valence electrons. The van der Waals surface area contributed by atoms with Crippen molar-refractivity contribution in [1.29, 1.82) is 0 Å². The maximum Gasteiger partial charge on any atom is 0.302 e. The molecule has 0 saturated heterocycles. The van der Waals surface area contributed by atoms with E-state index in [4.69, 9.17) is 21.1 Å². The van der Waals surface area contributed by atoms with Crippen molar-refractivity contribution in [2.75, 3.05) is 6.61 Å². The number of carbonyl (C=O) groups excluding carboxylic acids is 2. The highest BCUT2D eigenvalue weighted by Gasteiger charge is 2.32. The molecule has 0 aromatic heterocycles. The van der Waals surface area contributed by atoms with Crippen LogP contribution in [0.4, 0.5) is 0 Å². The number of ketones is 1. The van der Waals surface area contributed by atoms with E-state index < -0.39 is 11.0 Å². The van der Waals surface area contributed by atoms with E-state index in [1.807, 2.05) is 13.8 Å². The average Bonchev–Trinajstić information content (AvgIpc) is 2.22. The van der Waals surface area contributed by atoms with E-state index in [-0.39, 0.29) is 24.5 Å². The van der Waals surface area contributed by atoms with Gasteiger partial charge in [-0.2, -0.15) is 0 Å². The first-order valence-electron chi connectivity index (χ1n) is 6.00. The minimum absolute atomic E-state index is 0.0625. The lowest BCUT2D eigenvalue weighted by Crippen LogP contribution is -2.36. The van der Waals surface area contributed by atoms with Crippen LogP contribution in [0.15, 0.2) is 12.2 Å². The first-order chi connectivity index (χ1) is 8.30. The van der Waals surface area contributed by atoms with Gasteiger partial charge in [-0.05, 0) is 19.9 Å². The molecule has 0 bridgehead atoms. The average molecular weight is 275 g/mol. The Hall–Kier alpha value is -0.870. The summed E-state index contributed by atoms with van der Waals surface area (Å²) in [4.78, 5) is 21.7. The van der Waals surface area contributed by atoms with E-state index in [0.29, 0.717) is 12.8 Å². The van der Waals surface area contributed by atoms with E-state index in [9.17, 15) is 9.59 Å². The zero-order chi connectivity index (χ0) is 13.8.